The molecule has 2 N–H and O–H groups in total. The zero-order valence-electron chi connectivity index (χ0n) is 11.3. The van der Waals surface area contributed by atoms with Gasteiger partial charge in [0.1, 0.15) is 5.75 Å². The number of ketones is 1. The number of hydrogen-bond acceptors (Lipinski definition) is 4. The number of ether oxygens (including phenoxy) is 1. The molecule has 0 spiro atoms. The second-order valence-electron chi connectivity index (χ2n) is 4.95. The molecule has 6 heteroatoms. The van der Waals surface area contributed by atoms with Gasteiger partial charge in [0.05, 0.1) is 12.2 Å². The van der Waals surface area contributed by atoms with Crippen LogP contribution in [-0.4, -0.2) is 22.4 Å². The van der Waals surface area contributed by atoms with Gasteiger partial charge in [-0.1, -0.05) is 6.07 Å². The van der Waals surface area contributed by atoms with Crippen LogP contribution in [0, 0.1) is 0 Å². The Morgan fingerprint density at radius 1 is 1.10 bits per heavy atom. The number of carbonyl (C=O) groups is 1. The van der Waals surface area contributed by atoms with Crippen LogP contribution in [0.2, 0.25) is 0 Å². The Kier molecular flexibility index (Phi) is 3.43. The van der Waals surface area contributed by atoms with E-state index in [1.54, 1.807) is 6.07 Å². The fourth-order valence-electron chi connectivity index (χ4n) is 2.34. The number of carbonyl (C=O) groups excluding carboxylic acids is 1. The Bertz CT molecular complexity index is 804. The van der Waals surface area contributed by atoms with Crippen molar-refractivity contribution >= 4 is 5.78 Å². The largest absolute Gasteiger partial charge is 0.492 e. The third kappa shape index (κ3) is 2.79. The number of hydrogen-bond donors (Lipinski definition) is 2. The van der Waals surface area contributed by atoms with Crippen LogP contribution in [0.15, 0.2) is 34.0 Å². The lowest BCUT2D eigenvalue weighted by atomic mass is 9.99. The van der Waals surface area contributed by atoms with Gasteiger partial charge in [-0.2, -0.15) is 0 Å². The highest BCUT2D eigenvalue weighted by molar-refractivity contribution is 5.99. The molecule has 108 valence electrons. The molecule has 6 nitrogen and oxygen atoms in total. The smallest absolute Gasteiger partial charge is 0.313 e. The minimum Gasteiger partial charge on any atom is -0.492 e. The Morgan fingerprint density at radius 2 is 1.95 bits per heavy atom. The summed E-state index contributed by atoms with van der Waals surface area (Å²) in [6, 6.07) is 5.54. The Morgan fingerprint density at radius 3 is 2.76 bits per heavy atom. The summed E-state index contributed by atoms with van der Waals surface area (Å²) in [5.41, 5.74) is 0.949. The maximum Gasteiger partial charge on any atom is 0.313 e. The average Bonchev–Trinajstić information content (AvgIpc) is 2.49. The van der Waals surface area contributed by atoms with Gasteiger partial charge >= 0.3 is 11.1 Å². The summed E-state index contributed by atoms with van der Waals surface area (Å²) >= 11 is 0. The molecule has 2 aromatic rings. The predicted octanol–water partition coefficient (Wildman–Crippen LogP) is 0.814. The molecule has 3 rings (SSSR count). The molecular formula is C15H14N2O4. The van der Waals surface area contributed by atoms with Crippen LogP contribution in [0.1, 0.15) is 28.0 Å². The second-order valence-corrected chi connectivity index (χ2v) is 4.95. The first-order valence-corrected chi connectivity index (χ1v) is 6.73. The van der Waals surface area contributed by atoms with Gasteiger partial charge in [-0.05, 0) is 30.5 Å². The SMILES string of the molecule is O=C1CCOc2ccc(CCc3c[nH]c(=O)c(=O)[nH]3)cc21. The molecule has 0 saturated carbocycles. The zero-order chi connectivity index (χ0) is 14.8. The summed E-state index contributed by atoms with van der Waals surface area (Å²) in [5, 5.41) is 0. The molecule has 0 saturated heterocycles. The maximum absolute atomic E-state index is 11.8. The minimum atomic E-state index is -0.657. The van der Waals surface area contributed by atoms with E-state index in [1.165, 1.54) is 6.20 Å². The standard InChI is InChI=1S/C15H14N2O4/c18-12-5-6-21-13-4-2-9(7-11(12)13)1-3-10-8-16-14(19)15(20)17-10/h2,4,7-8H,1,3,5-6H2,(H,16,19)(H,17,20). The van der Waals surface area contributed by atoms with Gasteiger partial charge in [-0.25, -0.2) is 0 Å². The maximum atomic E-state index is 11.8. The van der Waals surface area contributed by atoms with Gasteiger partial charge < -0.3 is 14.7 Å². The first-order chi connectivity index (χ1) is 10.1. The predicted molar refractivity (Wildman–Crippen MR) is 76.0 cm³/mol. The van der Waals surface area contributed by atoms with Crippen LogP contribution >= 0.6 is 0 Å². The third-order valence-electron chi connectivity index (χ3n) is 3.47. The summed E-state index contributed by atoms with van der Waals surface area (Å²) in [4.78, 5) is 39.0. The number of Topliss-reactive ketones (excluding diaryl/α,β-unsaturated/α-hetero) is 1. The quantitative estimate of drug-likeness (QED) is 0.817. The number of aryl methyl sites for hydroxylation is 2. The van der Waals surface area contributed by atoms with Gasteiger partial charge in [0.25, 0.3) is 0 Å². The van der Waals surface area contributed by atoms with Crippen LogP contribution < -0.4 is 15.9 Å². The summed E-state index contributed by atoms with van der Waals surface area (Å²) in [6.07, 6.45) is 3.13. The Balaban J connectivity index is 1.78. The van der Waals surface area contributed by atoms with Crippen molar-refractivity contribution < 1.29 is 9.53 Å². The lowest BCUT2D eigenvalue weighted by Gasteiger charge is -2.16. The number of fused-ring (bicyclic) bond motifs is 1. The molecule has 0 amide bonds. The molecule has 1 aromatic carbocycles. The summed E-state index contributed by atoms with van der Waals surface area (Å²) in [6.45, 7) is 0.434. The number of aromatic amines is 2. The van der Waals surface area contributed by atoms with E-state index in [1.807, 2.05) is 12.1 Å². The molecule has 0 aliphatic carbocycles. The van der Waals surface area contributed by atoms with E-state index in [2.05, 4.69) is 9.97 Å². The number of aromatic nitrogens is 2. The van der Waals surface area contributed by atoms with Crippen molar-refractivity contribution in [1.29, 1.82) is 0 Å². The second kappa shape index (κ2) is 5.40. The Hall–Kier alpha value is -2.63. The molecule has 0 atom stereocenters. The van der Waals surface area contributed by atoms with Crippen molar-refractivity contribution in [3.8, 4) is 5.75 Å². The summed E-state index contributed by atoms with van der Waals surface area (Å²) < 4.78 is 5.43. The topological polar surface area (TPSA) is 92.0 Å². The number of rotatable bonds is 3. The molecule has 1 aliphatic rings. The number of benzene rings is 1. The van der Waals surface area contributed by atoms with Gasteiger partial charge in [-0.15, -0.1) is 0 Å². The van der Waals surface area contributed by atoms with Crippen molar-refractivity contribution in [3.05, 3.63) is 61.9 Å². The van der Waals surface area contributed by atoms with Crippen LogP contribution in [-0.2, 0) is 12.8 Å². The van der Waals surface area contributed by atoms with E-state index < -0.39 is 11.1 Å². The van der Waals surface area contributed by atoms with Crippen LogP contribution in [0.25, 0.3) is 0 Å². The van der Waals surface area contributed by atoms with Crippen molar-refractivity contribution in [2.24, 2.45) is 0 Å². The van der Waals surface area contributed by atoms with E-state index in [9.17, 15) is 14.4 Å². The highest BCUT2D eigenvalue weighted by Gasteiger charge is 2.18. The van der Waals surface area contributed by atoms with E-state index in [0.29, 0.717) is 42.9 Å². The number of nitrogens with one attached hydrogen (secondary N) is 2. The normalized spacial score (nSPS) is 13.6. The third-order valence-corrected chi connectivity index (χ3v) is 3.47. The fraction of sp³-hybridized carbons (Fsp3) is 0.267. The van der Waals surface area contributed by atoms with E-state index in [4.69, 9.17) is 4.74 Å². The first kappa shape index (κ1) is 13.4. The molecule has 0 bridgehead atoms. The van der Waals surface area contributed by atoms with E-state index in [0.717, 1.165) is 5.56 Å². The van der Waals surface area contributed by atoms with Gasteiger partial charge in [0.15, 0.2) is 5.78 Å². The zero-order valence-corrected chi connectivity index (χ0v) is 11.3. The van der Waals surface area contributed by atoms with Crippen LogP contribution in [0.3, 0.4) is 0 Å². The molecule has 0 fully saturated rings. The molecular weight excluding hydrogens is 272 g/mol. The monoisotopic (exact) mass is 286 g/mol. The van der Waals surface area contributed by atoms with E-state index >= 15 is 0 Å². The highest BCUT2D eigenvalue weighted by Crippen LogP contribution is 2.25. The van der Waals surface area contributed by atoms with Gasteiger partial charge in [-0.3, -0.25) is 14.4 Å². The lowest BCUT2D eigenvalue weighted by Crippen LogP contribution is -2.29. The van der Waals surface area contributed by atoms with Crippen molar-refractivity contribution in [2.75, 3.05) is 6.61 Å². The molecule has 2 heterocycles. The van der Waals surface area contributed by atoms with Crippen molar-refractivity contribution in [3.63, 3.8) is 0 Å². The Labute approximate surface area is 119 Å². The fourth-order valence-corrected chi connectivity index (χ4v) is 2.34. The van der Waals surface area contributed by atoms with Crippen LogP contribution in [0.5, 0.6) is 5.75 Å². The van der Waals surface area contributed by atoms with Crippen LogP contribution in [0.4, 0.5) is 0 Å². The average molecular weight is 286 g/mol. The van der Waals surface area contributed by atoms with Crippen molar-refractivity contribution in [1.82, 2.24) is 9.97 Å². The van der Waals surface area contributed by atoms with Gasteiger partial charge in [0, 0.05) is 18.3 Å². The minimum absolute atomic E-state index is 0.0931. The summed E-state index contributed by atoms with van der Waals surface area (Å²) in [5.74, 6) is 0.725. The molecule has 1 aliphatic heterocycles. The van der Waals surface area contributed by atoms with Gasteiger partial charge in [0.2, 0.25) is 0 Å². The summed E-state index contributed by atoms with van der Waals surface area (Å²) in [7, 11) is 0. The first-order valence-electron chi connectivity index (χ1n) is 6.73. The van der Waals surface area contributed by atoms with E-state index in [-0.39, 0.29) is 5.78 Å². The highest BCUT2D eigenvalue weighted by atomic mass is 16.5. The molecule has 1 aromatic heterocycles. The van der Waals surface area contributed by atoms with Crippen molar-refractivity contribution in [2.45, 2.75) is 19.3 Å². The molecule has 0 unspecified atom stereocenters. The molecule has 0 radical (unpaired) electrons. The number of H-pyrrole nitrogens is 2. The lowest BCUT2D eigenvalue weighted by molar-refractivity contribution is 0.0933. The molecule has 21 heavy (non-hydrogen) atoms.